The monoisotopic (exact) mass is 207 g/mol. The SMILES string of the molecule is CN(C)C1CCN(c2cc(N)ncn2)C1. The Morgan fingerprint density at radius 1 is 1.47 bits per heavy atom. The molecule has 1 aromatic heterocycles. The molecule has 82 valence electrons. The van der Waals surface area contributed by atoms with Crippen LogP contribution >= 0.6 is 0 Å². The second-order valence-electron chi connectivity index (χ2n) is 4.15. The fourth-order valence-corrected chi connectivity index (χ4v) is 1.91. The first-order chi connectivity index (χ1) is 7.16. The van der Waals surface area contributed by atoms with Crippen molar-refractivity contribution in [1.82, 2.24) is 14.9 Å². The van der Waals surface area contributed by atoms with E-state index in [1.165, 1.54) is 12.7 Å². The zero-order chi connectivity index (χ0) is 10.8. The molecule has 2 heterocycles. The van der Waals surface area contributed by atoms with Crippen molar-refractivity contribution in [2.24, 2.45) is 0 Å². The molecule has 2 rings (SSSR count). The minimum absolute atomic E-state index is 0.535. The first kappa shape index (κ1) is 10.2. The van der Waals surface area contributed by atoms with Gasteiger partial charge >= 0.3 is 0 Å². The van der Waals surface area contributed by atoms with Gasteiger partial charge in [0.1, 0.15) is 18.0 Å². The van der Waals surface area contributed by atoms with Crippen LogP contribution in [-0.4, -0.2) is 48.1 Å². The first-order valence-corrected chi connectivity index (χ1v) is 5.15. The highest BCUT2D eigenvalue weighted by atomic mass is 15.3. The summed E-state index contributed by atoms with van der Waals surface area (Å²) in [5, 5.41) is 0. The number of rotatable bonds is 2. The van der Waals surface area contributed by atoms with Crippen molar-refractivity contribution in [1.29, 1.82) is 0 Å². The lowest BCUT2D eigenvalue weighted by Crippen LogP contribution is -2.31. The van der Waals surface area contributed by atoms with Crippen LogP contribution in [0.15, 0.2) is 12.4 Å². The predicted molar refractivity (Wildman–Crippen MR) is 60.7 cm³/mol. The predicted octanol–water partition coefficient (Wildman–Crippen LogP) is 0.199. The summed E-state index contributed by atoms with van der Waals surface area (Å²) in [6.07, 6.45) is 2.70. The van der Waals surface area contributed by atoms with Crippen molar-refractivity contribution in [3.8, 4) is 0 Å². The van der Waals surface area contributed by atoms with Crippen LogP contribution in [0.5, 0.6) is 0 Å². The van der Waals surface area contributed by atoms with Crippen LogP contribution in [0.2, 0.25) is 0 Å². The average Bonchev–Trinajstić information content (AvgIpc) is 2.66. The van der Waals surface area contributed by atoms with Crippen molar-refractivity contribution >= 4 is 11.6 Å². The minimum Gasteiger partial charge on any atom is -0.384 e. The molecule has 5 heteroatoms. The van der Waals surface area contributed by atoms with Crippen LogP contribution in [0.3, 0.4) is 0 Å². The molecule has 0 saturated carbocycles. The molecule has 1 aliphatic rings. The van der Waals surface area contributed by atoms with Gasteiger partial charge in [-0.3, -0.25) is 0 Å². The summed E-state index contributed by atoms with van der Waals surface area (Å²) in [5.41, 5.74) is 5.63. The summed E-state index contributed by atoms with van der Waals surface area (Å²) < 4.78 is 0. The highest BCUT2D eigenvalue weighted by Gasteiger charge is 2.24. The van der Waals surface area contributed by atoms with E-state index in [2.05, 4.69) is 33.9 Å². The maximum absolute atomic E-state index is 5.63. The Labute approximate surface area is 89.9 Å². The summed E-state index contributed by atoms with van der Waals surface area (Å²) >= 11 is 0. The number of nitrogens with two attached hydrogens (primary N) is 1. The van der Waals surface area contributed by atoms with Gasteiger partial charge in [-0.05, 0) is 20.5 Å². The van der Waals surface area contributed by atoms with Gasteiger partial charge in [0.15, 0.2) is 0 Å². The van der Waals surface area contributed by atoms with E-state index in [9.17, 15) is 0 Å². The molecular weight excluding hydrogens is 190 g/mol. The summed E-state index contributed by atoms with van der Waals surface area (Å²) in [6.45, 7) is 2.06. The normalized spacial score (nSPS) is 21.3. The number of likely N-dealkylation sites (N-methyl/N-ethyl adjacent to an activating group) is 1. The molecule has 0 bridgehead atoms. The number of aromatic nitrogens is 2. The van der Waals surface area contributed by atoms with Crippen LogP contribution in [0, 0.1) is 0 Å². The van der Waals surface area contributed by atoms with Gasteiger partial charge in [0, 0.05) is 25.2 Å². The largest absolute Gasteiger partial charge is 0.384 e. The molecular formula is C10H17N5. The molecule has 0 amide bonds. The summed E-state index contributed by atoms with van der Waals surface area (Å²) in [5.74, 6) is 1.47. The maximum Gasteiger partial charge on any atom is 0.134 e. The topological polar surface area (TPSA) is 58.3 Å². The molecule has 1 atom stereocenters. The van der Waals surface area contributed by atoms with E-state index < -0.39 is 0 Å². The third-order valence-electron chi connectivity index (χ3n) is 2.89. The molecule has 2 N–H and O–H groups in total. The molecule has 0 aliphatic carbocycles. The van der Waals surface area contributed by atoms with Crippen molar-refractivity contribution in [3.63, 3.8) is 0 Å². The minimum atomic E-state index is 0.535. The summed E-state index contributed by atoms with van der Waals surface area (Å²) in [6, 6.07) is 2.44. The highest BCUT2D eigenvalue weighted by Crippen LogP contribution is 2.20. The van der Waals surface area contributed by atoms with Gasteiger partial charge in [-0.2, -0.15) is 0 Å². The Morgan fingerprint density at radius 3 is 2.87 bits per heavy atom. The lowest BCUT2D eigenvalue weighted by molar-refractivity contribution is 0.315. The van der Waals surface area contributed by atoms with Crippen molar-refractivity contribution < 1.29 is 0 Å². The van der Waals surface area contributed by atoms with E-state index in [1.807, 2.05) is 6.07 Å². The fraction of sp³-hybridized carbons (Fsp3) is 0.600. The number of hydrogen-bond acceptors (Lipinski definition) is 5. The second kappa shape index (κ2) is 4.02. The van der Waals surface area contributed by atoms with Gasteiger partial charge in [-0.15, -0.1) is 0 Å². The quantitative estimate of drug-likeness (QED) is 0.750. The number of hydrogen-bond donors (Lipinski definition) is 1. The third kappa shape index (κ3) is 2.18. The second-order valence-corrected chi connectivity index (χ2v) is 4.15. The van der Waals surface area contributed by atoms with E-state index in [1.54, 1.807) is 0 Å². The van der Waals surface area contributed by atoms with Crippen LogP contribution in [-0.2, 0) is 0 Å². The van der Waals surface area contributed by atoms with E-state index in [4.69, 9.17) is 5.73 Å². The van der Waals surface area contributed by atoms with Crippen LogP contribution in [0.4, 0.5) is 11.6 Å². The highest BCUT2D eigenvalue weighted by molar-refractivity contribution is 5.46. The Morgan fingerprint density at radius 2 is 2.27 bits per heavy atom. The molecule has 1 aliphatic heterocycles. The standard InChI is InChI=1S/C10H17N5/c1-14(2)8-3-4-15(6-8)10-5-9(11)12-7-13-10/h5,7-8H,3-4,6H2,1-2H3,(H2,11,12,13). The van der Waals surface area contributed by atoms with Crippen LogP contribution in [0.25, 0.3) is 0 Å². The molecule has 1 saturated heterocycles. The number of anilines is 2. The van der Waals surface area contributed by atoms with Gasteiger partial charge in [0.2, 0.25) is 0 Å². The Balaban J connectivity index is 2.08. The van der Waals surface area contributed by atoms with E-state index in [0.29, 0.717) is 11.9 Å². The first-order valence-electron chi connectivity index (χ1n) is 5.15. The Kier molecular flexibility index (Phi) is 2.73. The molecule has 1 aromatic rings. The maximum atomic E-state index is 5.63. The average molecular weight is 207 g/mol. The third-order valence-corrected chi connectivity index (χ3v) is 2.89. The molecule has 1 fully saturated rings. The summed E-state index contributed by atoms with van der Waals surface area (Å²) in [4.78, 5) is 12.6. The molecule has 15 heavy (non-hydrogen) atoms. The smallest absolute Gasteiger partial charge is 0.134 e. The molecule has 0 spiro atoms. The molecule has 5 nitrogen and oxygen atoms in total. The molecule has 1 unspecified atom stereocenters. The Hall–Kier alpha value is -1.36. The number of nitrogens with zero attached hydrogens (tertiary/aromatic N) is 4. The van der Waals surface area contributed by atoms with Gasteiger partial charge in [0.05, 0.1) is 0 Å². The van der Waals surface area contributed by atoms with Crippen molar-refractivity contribution in [3.05, 3.63) is 12.4 Å². The number of nitrogen functional groups attached to an aromatic ring is 1. The van der Waals surface area contributed by atoms with E-state index >= 15 is 0 Å². The van der Waals surface area contributed by atoms with Crippen LogP contribution < -0.4 is 10.6 Å². The summed E-state index contributed by atoms with van der Waals surface area (Å²) in [7, 11) is 4.23. The Bertz CT molecular complexity index is 338. The van der Waals surface area contributed by atoms with Gasteiger partial charge in [0.25, 0.3) is 0 Å². The van der Waals surface area contributed by atoms with Crippen molar-refractivity contribution in [2.45, 2.75) is 12.5 Å². The lowest BCUT2D eigenvalue weighted by atomic mass is 10.2. The molecule has 0 aromatic carbocycles. The van der Waals surface area contributed by atoms with Gasteiger partial charge in [-0.25, -0.2) is 9.97 Å². The lowest BCUT2D eigenvalue weighted by Gasteiger charge is -2.20. The zero-order valence-corrected chi connectivity index (χ0v) is 9.22. The van der Waals surface area contributed by atoms with E-state index in [-0.39, 0.29) is 0 Å². The van der Waals surface area contributed by atoms with Gasteiger partial charge in [-0.1, -0.05) is 0 Å². The van der Waals surface area contributed by atoms with Gasteiger partial charge < -0.3 is 15.5 Å². The zero-order valence-electron chi connectivity index (χ0n) is 9.22. The van der Waals surface area contributed by atoms with Crippen molar-refractivity contribution in [2.75, 3.05) is 37.8 Å². The molecule has 0 radical (unpaired) electrons. The van der Waals surface area contributed by atoms with E-state index in [0.717, 1.165) is 18.9 Å². The fourth-order valence-electron chi connectivity index (χ4n) is 1.91. The van der Waals surface area contributed by atoms with Crippen LogP contribution in [0.1, 0.15) is 6.42 Å².